The number of thiophene rings is 1. The number of nitrogen functional groups attached to an aromatic ring is 1. The minimum atomic E-state index is 0.726. The van der Waals surface area contributed by atoms with Crippen molar-refractivity contribution in [1.29, 1.82) is 0 Å². The molecule has 2 rings (SSSR count). The zero-order valence-electron chi connectivity index (χ0n) is 7.91. The van der Waals surface area contributed by atoms with Gasteiger partial charge in [-0.1, -0.05) is 6.92 Å². The molecule has 0 bridgehead atoms. The van der Waals surface area contributed by atoms with Gasteiger partial charge < -0.3 is 5.73 Å². The summed E-state index contributed by atoms with van der Waals surface area (Å²) in [7, 11) is 0. The molecule has 0 fully saturated rings. The molecule has 1 aromatic carbocycles. The summed E-state index contributed by atoms with van der Waals surface area (Å²) in [5, 5.41) is 3.01. The van der Waals surface area contributed by atoms with E-state index in [2.05, 4.69) is 0 Å². The van der Waals surface area contributed by atoms with Crippen LogP contribution in [-0.4, -0.2) is 6.29 Å². The summed E-state index contributed by atoms with van der Waals surface area (Å²) in [4.78, 5) is 11.0. The van der Waals surface area contributed by atoms with Gasteiger partial charge in [-0.2, -0.15) is 0 Å². The van der Waals surface area contributed by atoms with Gasteiger partial charge in [0.15, 0.2) is 6.29 Å². The molecule has 2 aromatic rings. The molecule has 0 aliphatic rings. The Balaban J connectivity index is 2.88. The molecule has 0 unspecified atom stereocenters. The van der Waals surface area contributed by atoms with Gasteiger partial charge in [0.2, 0.25) is 0 Å². The quantitative estimate of drug-likeness (QED) is 0.605. The Bertz CT molecular complexity index is 487. The fraction of sp³-hybridized carbons (Fsp3) is 0.182. The molecule has 0 aliphatic heterocycles. The Kier molecular flexibility index (Phi) is 2.25. The average Bonchev–Trinajstić information content (AvgIpc) is 2.62. The largest absolute Gasteiger partial charge is 0.398 e. The maximum absolute atomic E-state index is 11.0. The topological polar surface area (TPSA) is 43.1 Å². The Morgan fingerprint density at radius 1 is 1.57 bits per heavy atom. The monoisotopic (exact) mass is 205 g/mol. The van der Waals surface area contributed by atoms with Crippen molar-refractivity contribution >= 4 is 33.4 Å². The van der Waals surface area contributed by atoms with Crippen LogP contribution in [-0.2, 0) is 6.42 Å². The van der Waals surface area contributed by atoms with Crippen molar-refractivity contribution in [1.82, 2.24) is 0 Å². The molecule has 0 spiro atoms. The second kappa shape index (κ2) is 3.42. The summed E-state index contributed by atoms with van der Waals surface area (Å²) in [6.07, 6.45) is 1.70. The molecule has 2 N–H and O–H groups in total. The summed E-state index contributed by atoms with van der Waals surface area (Å²) in [6.45, 7) is 2.01. The number of aldehydes is 1. The van der Waals surface area contributed by atoms with Crippen molar-refractivity contribution in [2.24, 2.45) is 0 Å². The van der Waals surface area contributed by atoms with Crippen LogP contribution in [0.4, 0.5) is 5.69 Å². The van der Waals surface area contributed by atoms with E-state index in [1.807, 2.05) is 24.4 Å². The highest BCUT2D eigenvalue weighted by molar-refractivity contribution is 7.17. The van der Waals surface area contributed by atoms with Crippen LogP contribution >= 0.6 is 11.3 Å². The first kappa shape index (κ1) is 9.21. The Labute approximate surface area is 86.3 Å². The van der Waals surface area contributed by atoms with E-state index in [-0.39, 0.29) is 0 Å². The predicted octanol–water partition coefficient (Wildman–Crippen LogP) is 2.86. The first-order valence-corrected chi connectivity index (χ1v) is 5.39. The maximum Gasteiger partial charge on any atom is 0.151 e. The lowest BCUT2D eigenvalue weighted by Crippen LogP contribution is -1.98. The molecule has 1 heterocycles. The van der Waals surface area contributed by atoms with E-state index in [0.717, 1.165) is 39.6 Å². The third-order valence-electron chi connectivity index (χ3n) is 2.42. The third-order valence-corrected chi connectivity index (χ3v) is 3.28. The highest BCUT2D eigenvalue weighted by Gasteiger charge is 2.10. The molecule has 0 aliphatic carbocycles. The van der Waals surface area contributed by atoms with Crippen molar-refractivity contribution < 1.29 is 4.79 Å². The van der Waals surface area contributed by atoms with Crippen LogP contribution in [0.15, 0.2) is 17.5 Å². The minimum Gasteiger partial charge on any atom is -0.398 e. The third kappa shape index (κ3) is 1.21. The SMILES string of the molecule is CCc1c(N)cc2sccc2c1C=O. The summed E-state index contributed by atoms with van der Waals surface area (Å²) < 4.78 is 1.09. The Morgan fingerprint density at radius 2 is 2.36 bits per heavy atom. The minimum absolute atomic E-state index is 0.726. The van der Waals surface area contributed by atoms with E-state index in [0.29, 0.717) is 0 Å². The molecular formula is C11H11NOS. The lowest BCUT2D eigenvalue weighted by molar-refractivity contribution is 0.112. The van der Waals surface area contributed by atoms with E-state index < -0.39 is 0 Å². The Morgan fingerprint density at radius 3 is 3.00 bits per heavy atom. The van der Waals surface area contributed by atoms with Gasteiger partial charge in [-0.05, 0) is 29.5 Å². The predicted molar refractivity (Wildman–Crippen MR) is 61.0 cm³/mol. The Hall–Kier alpha value is -1.35. The van der Waals surface area contributed by atoms with Crippen LogP contribution in [0.1, 0.15) is 22.8 Å². The van der Waals surface area contributed by atoms with Gasteiger partial charge in [0.05, 0.1) is 0 Å². The average molecular weight is 205 g/mol. The van der Waals surface area contributed by atoms with Crippen LogP contribution in [0.3, 0.4) is 0 Å². The van der Waals surface area contributed by atoms with Crippen LogP contribution in [0, 0.1) is 0 Å². The van der Waals surface area contributed by atoms with Crippen LogP contribution in [0.5, 0.6) is 0 Å². The number of nitrogens with two attached hydrogens (primary N) is 1. The maximum atomic E-state index is 11.0. The van der Waals surface area contributed by atoms with E-state index in [4.69, 9.17) is 5.73 Å². The molecule has 14 heavy (non-hydrogen) atoms. The highest BCUT2D eigenvalue weighted by Crippen LogP contribution is 2.30. The molecule has 0 amide bonds. The van der Waals surface area contributed by atoms with E-state index in [1.54, 1.807) is 11.3 Å². The van der Waals surface area contributed by atoms with E-state index >= 15 is 0 Å². The summed E-state index contributed by atoms with van der Waals surface area (Å²) in [5.74, 6) is 0. The molecule has 1 aromatic heterocycles. The van der Waals surface area contributed by atoms with E-state index in [1.165, 1.54) is 0 Å². The molecule has 0 saturated carbocycles. The van der Waals surface area contributed by atoms with Crippen molar-refractivity contribution in [3.63, 3.8) is 0 Å². The van der Waals surface area contributed by atoms with Gasteiger partial charge in [0, 0.05) is 21.3 Å². The first-order chi connectivity index (χ1) is 6.77. The van der Waals surface area contributed by atoms with Gasteiger partial charge in [0.25, 0.3) is 0 Å². The number of hydrogen-bond donors (Lipinski definition) is 1. The number of carbonyl (C=O) groups excluding carboxylic acids is 1. The second-order valence-corrected chi connectivity index (χ2v) is 4.11. The van der Waals surface area contributed by atoms with Crippen LogP contribution in [0.2, 0.25) is 0 Å². The van der Waals surface area contributed by atoms with Gasteiger partial charge in [-0.25, -0.2) is 0 Å². The van der Waals surface area contributed by atoms with E-state index in [9.17, 15) is 4.79 Å². The molecule has 2 nitrogen and oxygen atoms in total. The molecular weight excluding hydrogens is 194 g/mol. The first-order valence-electron chi connectivity index (χ1n) is 4.51. The second-order valence-electron chi connectivity index (χ2n) is 3.16. The van der Waals surface area contributed by atoms with Crippen molar-refractivity contribution in [3.05, 3.63) is 28.6 Å². The van der Waals surface area contributed by atoms with Crippen LogP contribution < -0.4 is 5.73 Å². The molecule has 0 saturated heterocycles. The van der Waals surface area contributed by atoms with Gasteiger partial charge in [-0.15, -0.1) is 11.3 Å². The zero-order chi connectivity index (χ0) is 10.1. The number of benzene rings is 1. The highest BCUT2D eigenvalue weighted by atomic mass is 32.1. The normalized spacial score (nSPS) is 10.6. The van der Waals surface area contributed by atoms with Gasteiger partial charge >= 0.3 is 0 Å². The van der Waals surface area contributed by atoms with Crippen molar-refractivity contribution in [2.75, 3.05) is 5.73 Å². The molecule has 3 heteroatoms. The number of fused-ring (bicyclic) bond motifs is 1. The number of rotatable bonds is 2. The van der Waals surface area contributed by atoms with Crippen LogP contribution in [0.25, 0.3) is 10.1 Å². The summed E-state index contributed by atoms with van der Waals surface area (Å²) in [6, 6.07) is 3.92. The summed E-state index contributed by atoms with van der Waals surface area (Å²) in [5.41, 5.74) is 8.32. The van der Waals surface area contributed by atoms with Gasteiger partial charge in [0.1, 0.15) is 0 Å². The summed E-state index contributed by atoms with van der Waals surface area (Å²) >= 11 is 1.61. The smallest absolute Gasteiger partial charge is 0.151 e. The fourth-order valence-electron chi connectivity index (χ4n) is 1.73. The standard InChI is InChI=1S/C11H11NOS/c1-2-7-9(6-13)8-3-4-14-11(8)5-10(7)12/h3-6H,2,12H2,1H3. The lowest BCUT2D eigenvalue weighted by atomic mass is 10.0. The number of anilines is 1. The lowest BCUT2D eigenvalue weighted by Gasteiger charge is -2.07. The van der Waals surface area contributed by atoms with Crippen molar-refractivity contribution in [2.45, 2.75) is 13.3 Å². The molecule has 72 valence electrons. The number of carbonyl (C=O) groups is 1. The zero-order valence-corrected chi connectivity index (χ0v) is 8.73. The molecule has 0 atom stereocenters. The van der Waals surface area contributed by atoms with Crippen molar-refractivity contribution in [3.8, 4) is 0 Å². The fourth-order valence-corrected chi connectivity index (χ4v) is 2.58. The molecule has 0 radical (unpaired) electrons. The van der Waals surface area contributed by atoms with Gasteiger partial charge in [-0.3, -0.25) is 4.79 Å². The number of hydrogen-bond acceptors (Lipinski definition) is 3.